The second-order valence-electron chi connectivity index (χ2n) is 3.29. The minimum atomic E-state index is -0.0489. The Kier molecular flexibility index (Phi) is 4.04. The Morgan fingerprint density at radius 3 is 3.00 bits per heavy atom. The van der Waals surface area contributed by atoms with Crippen LogP contribution in [0.1, 0.15) is 10.4 Å². The highest BCUT2D eigenvalue weighted by atomic mass is 32.1. The van der Waals surface area contributed by atoms with E-state index in [-0.39, 0.29) is 5.91 Å². The largest absolute Gasteiger partial charge is 0.367 e. The van der Waals surface area contributed by atoms with Gasteiger partial charge in [-0.3, -0.25) is 9.78 Å². The maximum absolute atomic E-state index is 11.6. The fourth-order valence-electron chi connectivity index (χ4n) is 1.25. The Balaban J connectivity index is 1.69. The van der Waals surface area contributed by atoms with Crippen molar-refractivity contribution in [2.24, 2.45) is 0 Å². The van der Waals surface area contributed by atoms with Gasteiger partial charge in [0.1, 0.15) is 5.82 Å². The molecule has 2 heterocycles. The summed E-state index contributed by atoms with van der Waals surface area (Å²) in [6.07, 6.45) is 4.87. The Hall–Kier alpha value is -1.95. The maximum Gasteiger partial charge on any atom is 0.252 e. The number of rotatable bonds is 5. The van der Waals surface area contributed by atoms with Gasteiger partial charge in [-0.05, 0) is 11.4 Å². The highest BCUT2D eigenvalue weighted by molar-refractivity contribution is 7.08. The zero-order valence-corrected chi connectivity index (χ0v) is 9.91. The van der Waals surface area contributed by atoms with Crippen LogP contribution in [0, 0.1) is 0 Å². The number of thiophene rings is 1. The van der Waals surface area contributed by atoms with E-state index in [1.807, 2.05) is 10.8 Å². The third kappa shape index (κ3) is 3.53. The monoisotopic (exact) mass is 248 g/mol. The molecule has 17 heavy (non-hydrogen) atoms. The molecule has 2 rings (SSSR count). The molecule has 88 valence electrons. The summed E-state index contributed by atoms with van der Waals surface area (Å²) in [5.74, 6) is 0.657. The predicted molar refractivity (Wildman–Crippen MR) is 67.2 cm³/mol. The Bertz CT molecular complexity index is 458. The number of aromatic nitrogens is 2. The van der Waals surface area contributed by atoms with Crippen LogP contribution in [-0.4, -0.2) is 29.0 Å². The Morgan fingerprint density at radius 2 is 2.29 bits per heavy atom. The SMILES string of the molecule is O=C(NCCNc1cnccn1)c1ccsc1. The average molecular weight is 248 g/mol. The van der Waals surface area contributed by atoms with E-state index in [1.165, 1.54) is 11.3 Å². The van der Waals surface area contributed by atoms with Gasteiger partial charge in [-0.15, -0.1) is 0 Å². The van der Waals surface area contributed by atoms with E-state index in [2.05, 4.69) is 20.6 Å². The highest BCUT2D eigenvalue weighted by Gasteiger charge is 2.03. The van der Waals surface area contributed by atoms with Crippen molar-refractivity contribution in [2.75, 3.05) is 18.4 Å². The lowest BCUT2D eigenvalue weighted by Gasteiger charge is -2.05. The van der Waals surface area contributed by atoms with Crippen molar-refractivity contribution in [1.82, 2.24) is 15.3 Å². The number of nitrogens with zero attached hydrogens (tertiary/aromatic N) is 2. The van der Waals surface area contributed by atoms with Gasteiger partial charge in [0.25, 0.3) is 5.91 Å². The zero-order valence-electron chi connectivity index (χ0n) is 9.09. The molecule has 0 aromatic carbocycles. The molecule has 0 bridgehead atoms. The first-order valence-electron chi connectivity index (χ1n) is 5.16. The van der Waals surface area contributed by atoms with Crippen LogP contribution in [0.3, 0.4) is 0 Å². The molecule has 0 spiro atoms. The van der Waals surface area contributed by atoms with E-state index >= 15 is 0 Å². The predicted octanol–water partition coefficient (Wildman–Crippen LogP) is 1.38. The second-order valence-corrected chi connectivity index (χ2v) is 4.07. The third-order valence-corrected chi connectivity index (χ3v) is 2.75. The van der Waals surface area contributed by atoms with Crippen LogP contribution in [0.2, 0.25) is 0 Å². The van der Waals surface area contributed by atoms with Gasteiger partial charge in [0.2, 0.25) is 0 Å². The summed E-state index contributed by atoms with van der Waals surface area (Å²) in [4.78, 5) is 19.5. The van der Waals surface area contributed by atoms with Gasteiger partial charge < -0.3 is 10.6 Å². The van der Waals surface area contributed by atoms with Crippen molar-refractivity contribution in [1.29, 1.82) is 0 Å². The molecule has 0 aliphatic carbocycles. The minimum Gasteiger partial charge on any atom is -0.367 e. The summed E-state index contributed by atoms with van der Waals surface area (Å²) in [5.41, 5.74) is 0.703. The highest BCUT2D eigenvalue weighted by Crippen LogP contribution is 2.04. The number of nitrogens with one attached hydrogen (secondary N) is 2. The normalized spacial score (nSPS) is 9.88. The fourth-order valence-corrected chi connectivity index (χ4v) is 1.89. The summed E-state index contributed by atoms with van der Waals surface area (Å²) in [6.45, 7) is 1.17. The van der Waals surface area contributed by atoms with Gasteiger partial charge in [-0.2, -0.15) is 11.3 Å². The lowest BCUT2D eigenvalue weighted by molar-refractivity contribution is 0.0955. The molecule has 5 nitrogen and oxygen atoms in total. The quantitative estimate of drug-likeness (QED) is 0.784. The summed E-state index contributed by atoms with van der Waals surface area (Å²) in [7, 11) is 0. The van der Waals surface area contributed by atoms with Crippen molar-refractivity contribution in [3.05, 3.63) is 41.0 Å². The summed E-state index contributed by atoms with van der Waals surface area (Å²) >= 11 is 1.51. The van der Waals surface area contributed by atoms with Gasteiger partial charge >= 0.3 is 0 Å². The number of anilines is 1. The van der Waals surface area contributed by atoms with Crippen LogP contribution in [0.5, 0.6) is 0 Å². The Labute approximate surface area is 103 Å². The second kappa shape index (κ2) is 5.95. The molecule has 2 aromatic heterocycles. The first-order chi connectivity index (χ1) is 8.36. The topological polar surface area (TPSA) is 66.9 Å². The molecule has 0 unspecified atom stereocenters. The number of carbonyl (C=O) groups excluding carboxylic acids is 1. The molecule has 0 saturated heterocycles. The van der Waals surface area contributed by atoms with E-state index in [4.69, 9.17) is 0 Å². The number of amides is 1. The number of hydrogen-bond donors (Lipinski definition) is 2. The lowest BCUT2D eigenvalue weighted by atomic mass is 10.3. The molecular weight excluding hydrogens is 236 g/mol. The van der Waals surface area contributed by atoms with Gasteiger partial charge in [-0.25, -0.2) is 4.98 Å². The van der Waals surface area contributed by atoms with Crippen LogP contribution >= 0.6 is 11.3 Å². The molecule has 0 atom stereocenters. The van der Waals surface area contributed by atoms with E-state index in [1.54, 1.807) is 24.7 Å². The lowest BCUT2D eigenvalue weighted by Crippen LogP contribution is -2.28. The van der Waals surface area contributed by atoms with Gasteiger partial charge in [0, 0.05) is 36.4 Å². The Morgan fingerprint density at radius 1 is 1.35 bits per heavy atom. The van der Waals surface area contributed by atoms with Crippen molar-refractivity contribution in [3.63, 3.8) is 0 Å². The number of hydrogen-bond acceptors (Lipinski definition) is 5. The van der Waals surface area contributed by atoms with Crippen molar-refractivity contribution in [2.45, 2.75) is 0 Å². The van der Waals surface area contributed by atoms with Gasteiger partial charge in [0.15, 0.2) is 0 Å². The smallest absolute Gasteiger partial charge is 0.252 e. The van der Waals surface area contributed by atoms with Crippen LogP contribution in [0.4, 0.5) is 5.82 Å². The van der Waals surface area contributed by atoms with Crippen LogP contribution in [-0.2, 0) is 0 Å². The molecule has 0 radical (unpaired) electrons. The van der Waals surface area contributed by atoms with Gasteiger partial charge in [0.05, 0.1) is 6.20 Å². The molecule has 6 heteroatoms. The van der Waals surface area contributed by atoms with Crippen molar-refractivity contribution >= 4 is 23.1 Å². The van der Waals surface area contributed by atoms with Crippen LogP contribution in [0.25, 0.3) is 0 Å². The van der Waals surface area contributed by atoms with Crippen LogP contribution in [0.15, 0.2) is 35.4 Å². The zero-order chi connectivity index (χ0) is 11.9. The third-order valence-electron chi connectivity index (χ3n) is 2.06. The molecular formula is C11H12N4OS. The molecule has 0 fully saturated rings. The van der Waals surface area contributed by atoms with E-state index in [9.17, 15) is 4.79 Å². The van der Waals surface area contributed by atoms with E-state index in [0.29, 0.717) is 24.5 Å². The van der Waals surface area contributed by atoms with Gasteiger partial charge in [-0.1, -0.05) is 0 Å². The molecule has 0 aliphatic heterocycles. The molecule has 2 N–H and O–H groups in total. The average Bonchev–Trinajstić information content (AvgIpc) is 2.89. The standard InChI is InChI=1S/C11H12N4OS/c16-11(9-1-6-17-8-9)15-5-4-14-10-7-12-2-3-13-10/h1-3,6-8H,4-5H2,(H,13,14)(H,15,16). The molecule has 2 aromatic rings. The molecule has 0 saturated carbocycles. The van der Waals surface area contributed by atoms with Crippen LogP contribution < -0.4 is 10.6 Å². The first-order valence-corrected chi connectivity index (χ1v) is 6.11. The fraction of sp³-hybridized carbons (Fsp3) is 0.182. The van der Waals surface area contributed by atoms with Crippen molar-refractivity contribution in [3.8, 4) is 0 Å². The maximum atomic E-state index is 11.6. The van der Waals surface area contributed by atoms with Crippen molar-refractivity contribution < 1.29 is 4.79 Å². The summed E-state index contributed by atoms with van der Waals surface area (Å²) in [5, 5.41) is 9.58. The first kappa shape index (κ1) is 11.5. The minimum absolute atomic E-state index is 0.0489. The molecule has 0 aliphatic rings. The van der Waals surface area contributed by atoms with E-state index in [0.717, 1.165) is 0 Å². The number of carbonyl (C=O) groups is 1. The molecule has 1 amide bonds. The summed E-state index contributed by atoms with van der Waals surface area (Å²) < 4.78 is 0. The summed E-state index contributed by atoms with van der Waals surface area (Å²) in [6, 6.07) is 1.80. The van der Waals surface area contributed by atoms with E-state index < -0.39 is 0 Å².